The molecule has 0 saturated heterocycles. The van der Waals surface area contributed by atoms with Crippen LogP contribution in [0.2, 0.25) is 0 Å². The van der Waals surface area contributed by atoms with Crippen molar-refractivity contribution in [1.82, 2.24) is 0 Å². The molecular weight excluding hydrogens is 739 g/mol. The third-order valence-electron chi connectivity index (χ3n) is 11.0. The van der Waals surface area contributed by atoms with Crippen molar-refractivity contribution in [2.75, 3.05) is 19.6 Å². The average Bonchev–Trinajstić information content (AvgIpc) is 3.21. The second kappa shape index (κ2) is 31.8. The summed E-state index contributed by atoms with van der Waals surface area (Å²) in [7, 11) is 0. The molecule has 61 heavy (non-hydrogen) atoms. The summed E-state index contributed by atoms with van der Waals surface area (Å²) >= 11 is 0. The standard InChI is InChI=1S/C21H33N.C20H31N.C17H25N/c1-17(15-16-22)9-8-12-20(21(3,4)5)14-13-19-11-7-6-10-18(19)2;1-17(15-16-21)9-8-12-19(20(2,3)4)14-13-18-10-6-5-7-11-18;1-15(7-6-8-16(2)13-14-18)11-12-17-9-4-3-5-10-17/h8-9,12-15H,6-7,10-11,16,22H2,1-5H3;8-10,12-15H,5-7,11,16,21H2,1-4H3;6-9,11-13H,3-5,10,14,18H2,1-2H3/b9-8+,14-13+,17-15+,20-12-;9-8+,14-13+,17-15+,19-12-;8-6+,12-11+,15-7+,16-13+. The molecule has 3 heteroatoms. The van der Waals surface area contributed by atoms with Crippen LogP contribution in [0, 0.1) is 10.8 Å². The van der Waals surface area contributed by atoms with Gasteiger partial charge in [-0.25, -0.2) is 0 Å². The lowest BCUT2D eigenvalue weighted by atomic mass is 9.84. The fourth-order valence-corrected chi connectivity index (χ4v) is 6.85. The number of hydrogen-bond donors (Lipinski definition) is 3. The third-order valence-corrected chi connectivity index (χ3v) is 11.0. The normalized spacial score (nSPS) is 18.7. The van der Waals surface area contributed by atoms with Crippen molar-refractivity contribution in [2.45, 2.75) is 153 Å². The Morgan fingerprint density at radius 2 is 0.869 bits per heavy atom. The highest BCUT2D eigenvalue weighted by molar-refractivity contribution is 5.38. The van der Waals surface area contributed by atoms with Crippen molar-refractivity contribution in [3.8, 4) is 0 Å². The van der Waals surface area contributed by atoms with E-state index in [2.05, 4.69) is 179 Å². The van der Waals surface area contributed by atoms with Crippen LogP contribution in [0.5, 0.6) is 0 Å². The van der Waals surface area contributed by atoms with Crippen molar-refractivity contribution in [3.63, 3.8) is 0 Å². The van der Waals surface area contributed by atoms with Gasteiger partial charge in [-0.3, -0.25) is 0 Å². The van der Waals surface area contributed by atoms with Gasteiger partial charge in [-0.05, 0) is 139 Å². The molecule has 0 amide bonds. The average molecular weight is 828 g/mol. The Labute approximate surface area is 376 Å². The molecule has 0 heterocycles. The van der Waals surface area contributed by atoms with Gasteiger partial charge in [-0.15, -0.1) is 0 Å². The molecule has 0 spiro atoms. The second-order valence-corrected chi connectivity index (χ2v) is 18.8. The first-order valence-corrected chi connectivity index (χ1v) is 23.3. The first kappa shape index (κ1) is 55.0. The Morgan fingerprint density at radius 3 is 1.26 bits per heavy atom. The van der Waals surface area contributed by atoms with E-state index in [1.807, 2.05) is 18.2 Å². The molecule has 6 N–H and O–H groups in total. The largest absolute Gasteiger partial charge is 0.327 e. The zero-order valence-corrected chi connectivity index (χ0v) is 40.9. The summed E-state index contributed by atoms with van der Waals surface area (Å²) in [6.07, 6.45) is 59.2. The third kappa shape index (κ3) is 27.5. The molecule has 0 radical (unpaired) electrons. The van der Waals surface area contributed by atoms with Gasteiger partial charge in [0, 0.05) is 19.6 Å². The summed E-state index contributed by atoms with van der Waals surface area (Å²) in [4.78, 5) is 0. The smallest absolute Gasteiger partial charge is 0.0112 e. The van der Waals surface area contributed by atoms with E-state index in [1.54, 1.807) is 5.57 Å². The molecule has 3 rings (SSSR count). The van der Waals surface area contributed by atoms with Gasteiger partial charge < -0.3 is 17.2 Å². The van der Waals surface area contributed by atoms with Gasteiger partial charge in [-0.1, -0.05) is 202 Å². The number of hydrogen-bond acceptors (Lipinski definition) is 3. The van der Waals surface area contributed by atoms with Crippen LogP contribution in [0.4, 0.5) is 0 Å². The highest BCUT2D eigenvalue weighted by atomic mass is 14.5. The fraction of sp³-hybridized carbons (Fsp3) is 0.483. The lowest BCUT2D eigenvalue weighted by Crippen LogP contribution is -2.07. The highest BCUT2D eigenvalue weighted by Gasteiger charge is 2.15. The maximum atomic E-state index is 5.53. The maximum Gasteiger partial charge on any atom is 0.0112 e. The minimum absolute atomic E-state index is 0.148. The van der Waals surface area contributed by atoms with Crippen LogP contribution < -0.4 is 17.2 Å². The van der Waals surface area contributed by atoms with E-state index in [1.165, 1.54) is 127 Å². The Kier molecular flexibility index (Phi) is 28.6. The topological polar surface area (TPSA) is 78.1 Å². The lowest BCUT2D eigenvalue weighted by molar-refractivity contribution is 0.517. The maximum absolute atomic E-state index is 5.53. The van der Waals surface area contributed by atoms with Crippen LogP contribution in [0.15, 0.2) is 177 Å². The van der Waals surface area contributed by atoms with Gasteiger partial charge in [-0.2, -0.15) is 0 Å². The van der Waals surface area contributed by atoms with Crippen LogP contribution in [0.1, 0.15) is 153 Å². The number of allylic oxidation sites excluding steroid dienone is 27. The zero-order valence-electron chi connectivity index (χ0n) is 40.9. The SMILES string of the molecule is CC(/C=C/C1=CCCCC1)=C\C=C\C(C)=C\CN.CC(/C=C/C=C(/C=C/C1=CCCCC1)C(C)(C)C)=C\CN.CC1=C(/C=C/C(=C/C=C/C(C)=C/CN)C(C)(C)C)CCCC1. The van der Waals surface area contributed by atoms with Gasteiger partial charge in [0.1, 0.15) is 0 Å². The summed E-state index contributed by atoms with van der Waals surface area (Å²) < 4.78 is 0. The van der Waals surface area contributed by atoms with E-state index in [0.29, 0.717) is 19.6 Å². The molecule has 0 aromatic heterocycles. The number of nitrogens with two attached hydrogens (primary N) is 3. The molecule has 0 aromatic rings. The fourth-order valence-electron chi connectivity index (χ4n) is 6.85. The Morgan fingerprint density at radius 1 is 0.475 bits per heavy atom. The van der Waals surface area contributed by atoms with E-state index in [0.717, 1.165) is 0 Å². The van der Waals surface area contributed by atoms with Gasteiger partial charge >= 0.3 is 0 Å². The first-order valence-electron chi connectivity index (χ1n) is 23.3. The molecule has 336 valence electrons. The Hall–Kier alpha value is -4.02. The second-order valence-electron chi connectivity index (χ2n) is 18.8. The van der Waals surface area contributed by atoms with Crippen molar-refractivity contribution in [3.05, 3.63) is 177 Å². The quantitative estimate of drug-likeness (QED) is 0.144. The van der Waals surface area contributed by atoms with Crippen LogP contribution >= 0.6 is 0 Å². The predicted octanol–water partition coefficient (Wildman–Crippen LogP) is 15.8. The minimum Gasteiger partial charge on any atom is -0.327 e. The minimum atomic E-state index is 0.148. The van der Waals surface area contributed by atoms with Crippen molar-refractivity contribution in [1.29, 1.82) is 0 Å². The molecule has 0 saturated carbocycles. The molecule has 3 nitrogen and oxygen atoms in total. The van der Waals surface area contributed by atoms with Crippen molar-refractivity contribution >= 4 is 0 Å². The molecule has 3 aliphatic carbocycles. The van der Waals surface area contributed by atoms with E-state index < -0.39 is 0 Å². The van der Waals surface area contributed by atoms with E-state index in [9.17, 15) is 0 Å². The highest BCUT2D eigenvalue weighted by Crippen LogP contribution is 2.30. The Bertz CT molecular complexity index is 1780. The van der Waals surface area contributed by atoms with E-state index in [4.69, 9.17) is 17.2 Å². The molecule has 0 fully saturated rings. The van der Waals surface area contributed by atoms with Crippen molar-refractivity contribution < 1.29 is 0 Å². The number of rotatable bonds is 15. The first-order chi connectivity index (χ1) is 29.0. The van der Waals surface area contributed by atoms with Crippen molar-refractivity contribution in [2.24, 2.45) is 28.0 Å². The van der Waals surface area contributed by atoms with E-state index >= 15 is 0 Å². The van der Waals surface area contributed by atoms with Crippen LogP contribution in [0.3, 0.4) is 0 Å². The molecule has 0 atom stereocenters. The molecule has 3 aliphatic rings. The van der Waals surface area contributed by atoms with Crippen LogP contribution in [-0.4, -0.2) is 19.6 Å². The summed E-state index contributed by atoms with van der Waals surface area (Å²) in [5.41, 5.74) is 30.5. The summed E-state index contributed by atoms with van der Waals surface area (Å²) in [5, 5.41) is 0. The zero-order chi connectivity index (χ0) is 45.5. The molecule has 0 aromatic carbocycles. The van der Waals surface area contributed by atoms with Crippen LogP contribution in [-0.2, 0) is 0 Å². The van der Waals surface area contributed by atoms with Gasteiger partial charge in [0.05, 0.1) is 0 Å². The van der Waals surface area contributed by atoms with Crippen LogP contribution in [0.25, 0.3) is 0 Å². The summed E-state index contributed by atoms with van der Waals surface area (Å²) in [5.74, 6) is 0. The Balaban J connectivity index is 0.000000460. The summed E-state index contributed by atoms with van der Waals surface area (Å²) in [6.45, 7) is 26.0. The lowest BCUT2D eigenvalue weighted by Gasteiger charge is -2.21. The van der Waals surface area contributed by atoms with Gasteiger partial charge in [0.2, 0.25) is 0 Å². The van der Waals surface area contributed by atoms with Gasteiger partial charge in [0.25, 0.3) is 0 Å². The summed E-state index contributed by atoms with van der Waals surface area (Å²) in [6, 6.07) is 0. The van der Waals surface area contributed by atoms with E-state index in [-0.39, 0.29) is 10.8 Å². The molecule has 0 bridgehead atoms. The molecule has 0 aliphatic heterocycles. The molecule has 0 unspecified atom stereocenters. The molecular formula is C58H89N3. The van der Waals surface area contributed by atoms with Gasteiger partial charge in [0.15, 0.2) is 0 Å². The monoisotopic (exact) mass is 828 g/mol. The predicted molar refractivity (Wildman–Crippen MR) is 276 cm³/mol.